The Kier molecular flexibility index (Phi) is 6.18. The zero-order valence-electron chi connectivity index (χ0n) is 22.6. The van der Waals surface area contributed by atoms with Gasteiger partial charge in [0.2, 0.25) is 0 Å². The van der Waals surface area contributed by atoms with Gasteiger partial charge < -0.3 is 4.74 Å². The minimum absolute atomic E-state index is 0.119. The maximum atomic E-state index is 7.09. The van der Waals surface area contributed by atoms with E-state index in [0.29, 0.717) is 16.9 Å². The summed E-state index contributed by atoms with van der Waals surface area (Å²) in [5.74, 6) is 2.05. The Balaban J connectivity index is 1.44. The van der Waals surface area contributed by atoms with Gasteiger partial charge in [-0.25, -0.2) is 0 Å². The van der Waals surface area contributed by atoms with Crippen molar-refractivity contribution in [1.82, 2.24) is 0 Å². The van der Waals surface area contributed by atoms with E-state index < -0.39 is 7.92 Å². The van der Waals surface area contributed by atoms with Crippen LogP contribution in [-0.2, 0) is 4.74 Å². The molecule has 1 heterocycles. The largest absolute Gasteiger partial charge is 0.359 e. The highest BCUT2D eigenvalue weighted by Gasteiger charge is 2.66. The van der Waals surface area contributed by atoms with Gasteiger partial charge >= 0.3 is 0 Å². The molecule has 2 aliphatic carbocycles. The van der Waals surface area contributed by atoms with E-state index in [9.17, 15) is 0 Å². The van der Waals surface area contributed by atoms with Crippen LogP contribution in [0.1, 0.15) is 66.4 Å². The van der Waals surface area contributed by atoms with Gasteiger partial charge in [0.1, 0.15) is 5.44 Å². The van der Waals surface area contributed by atoms with Crippen LogP contribution in [-0.4, -0.2) is 11.9 Å². The highest BCUT2D eigenvalue weighted by atomic mass is 32.2. The first kappa shape index (κ1) is 24.7. The molecule has 1 spiro atoms. The predicted molar refractivity (Wildman–Crippen MR) is 158 cm³/mol. The van der Waals surface area contributed by atoms with Crippen molar-refractivity contribution in [1.29, 1.82) is 0 Å². The molecule has 1 saturated heterocycles. The van der Waals surface area contributed by atoms with E-state index >= 15 is 0 Å². The number of rotatable bonds is 4. The van der Waals surface area contributed by atoms with Gasteiger partial charge in [0.15, 0.2) is 0 Å². The molecule has 0 unspecified atom stereocenters. The van der Waals surface area contributed by atoms with Crippen molar-refractivity contribution < 1.29 is 4.74 Å². The highest BCUT2D eigenvalue weighted by molar-refractivity contribution is 7.99. The summed E-state index contributed by atoms with van der Waals surface area (Å²) in [6.07, 6.45) is 4.38. The van der Waals surface area contributed by atoms with Crippen LogP contribution in [0.3, 0.4) is 0 Å². The van der Waals surface area contributed by atoms with Gasteiger partial charge in [-0.3, -0.25) is 0 Å². The van der Waals surface area contributed by atoms with E-state index in [2.05, 4.69) is 114 Å². The maximum Gasteiger partial charge on any atom is 0.129 e. The predicted octanol–water partition coefficient (Wildman–Crippen LogP) is 7.64. The molecule has 2 saturated carbocycles. The molecule has 4 atom stereocenters. The average molecular weight is 515 g/mol. The number of ether oxygens (including phenoxy) is 1. The molecule has 188 valence electrons. The molecule has 3 aromatic rings. The molecular weight excluding hydrogens is 475 g/mol. The summed E-state index contributed by atoms with van der Waals surface area (Å²) in [6, 6.07) is 23.4. The van der Waals surface area contributed by atoms with E-state index in [1.807, 2.05) is 0 Å². The molecule has 3 aromatic carbocycles. The van der Waals surface area contributed by atoms with Crippen molar-refractivity contribution >= 4 is 35.6 Å². The van der Waals surface area contributed by atoms with Gasteiger partial charge in [-0.1, -0.05) is 96.8 Å². The first-order chi connectivity index (χ1) is 17.2. The highest BCUT2D eigenvalue weighted by Crippen LogP contribution is 2.70. The lowest BCUT2D eigenvalue weighted by molar-refractivity contribution is -0.0667. The summed E-state index contributed by atoms with van der Waals surface area (Å²) < 4.78 is 7.09. The summed E-state index contributed by atoms with van der Waals surface area (Å²) >= 11 is 2.07. The molecular formula is C33H39OPS. The lowest BCUT2D eigenvalue weighted by Crippen LogP contribution is -2.46. The van der Waals surface area contributed by atoms with Crippen LogP contribution >= 0.6 is 19.7 Å². The summed E-state index contributed by atoms with van der Waals surface area (Å²) in [7, 11) is -0.690. The van der Waals surface area contributed by atoms with Crippen molar-refractivity contribution in [3.8, 4) is 0 Å². The van der Waals surface area contributed by atoms with E-state index in [0.717, 1.165) is 5.92 Å². The van der Waals surface area contributed by atoms with Gasteiger partial charge in [-0.05, 0) is 87.7 Å². The number of hydrogen-bond donors (Lipinski definition) is 0. The topological polar surface area (TPSA) is 9.23 Å². The summed E-state index contributed by atoms with van der Waals surface area (Å²) in [5.41, 5.74) is 7.64. The van der Waals surface area contributed by atoms with Gasteiger partial charge in [-0.2, -0.15) is 0 Å². The fourth-order valence-electron chi connectivity index (χ4n) is 7.58. The second-order valence-electron chi connectivity index (χ2n) is 12.2. The van der Waals surface area contributed by atoms with Crippen molar-refractivity contribution in [2.75, 3.05) is 5.75 Å². The summed E-state index contributed by atoms with van der Waals surface area (Å²) in [6.45, 7) is 14.0. The van der Waals surface area contributed by atoms with E-state index in [1.54, 1.807) is 0 Å². The monoisotopic (exact) mass is 514 g/mol. The molecule has 0 radical (unpaired) electrons. The second kappa shape index (κ2) is 9.00. The molecule has 1 nitrogen and oxygen atoms in total. The van der Waals surface area contributed by atoms with Gasteiger partial charge in [0.25, 0.3) is 0 Å². The second-order valence-corrected chi connectivity index (χ2v) is 15.4. The van der Waals surface area contributed by atoms with E-state index in [4.69, 9.17) is 4.74 Å². The zero-order valence-corrected chi connectivity index (χ0v) is 24.3. The van der Waals surface area contributed by atoms with Crippen molar-refractivity contribution in [2.45, 2.75) is 72.3 Å². The van der Waals surface area contributed by atoms with Crippen LogP contribution in [0.2, 0.25) is 0 Å². The van der Waals surface area contributed by atoms with Gasteiger partial charge in [0, 0.05) is 11.2 Å². The van der Waals surface area contributed by atoms with Gasteiger partial charge in [0.05, 0.1) is 6.10 Å². The van der Waals surface area contributed by atoms with E-state index in [-0.39, 0.29) is 5.44 Å². The van der Waals surface area contributed by atoms with Crippen LogP contribution in [0.15, 0.2) is 60.7 Å². The Labute approximate surface area is 223 Å². The smallest absolute Gasteiger partial charge is 0.129 e. The first-order valence-corrected chi connectivity index (χ1v) is 15.9. The van der Waals surface area contributed by atoms with Crippen LogP contribution in [0.25, 0.3) is 0 Å². The van der Waals surface area contributed by atoms with Crippen molar-refractivity contribution in [3.63, 3.8) is 0 Å². The minimum Gasteiger partial charge on any atom is -0.359 e. The molecule has 3 aliphatic rings. The maximum absolute atomic E-state index is 7.09. The number of thioether (sulfide) groups is 1. The molecule has 36 heavy (non-hydrogen) atoms. The fraction of sp³-hybridized carbons (Fsp3) is 0.455. The van der Waals surface area contributed by atoms with Crippen molar-refractivity contribution in [3.05, 3.63) is 88.5 Å². The van der Waals surface area contributed by atoms with Gasteiger partial charge in [-0.15, -0.1) is 11.8 Å². The average Bonchev–Trinajstić information content (AvgIpc) is 3.18. The molecule has 1 aliphatic heterocycles. The number of fused-ring (bicyclic) bond motifs is 1. The minimum atomic E-state index is -0.690. The third-order valence-electron chi connectivity index (χ3n) is 9.50. The van der Waals surface area contributed by atoms with Crippen molar-refractivity contribution in [2.24, 2.45) is 16.7 Å². The molecule has 3 heteroatoms. The number of hydrogen-bond acceptors (Lipinski definition) is 2. The third kappa shape index (κ3) is 3.91. The standard InChI is InChI=1S/C33H39OPS/c1-21-13-22(2)16-26(15-21)35(27-17-23(3)14-24(4)18-27)29-10-8-7-9-28(29)31-34-30-19-25-11-12-33(30,20-36-31)32(25,5)6/h7-10,13-18,25,30-31H,11-12,19-20H2,1-6H3/t25-,30-,31-,33-/m1/s1. The molecule has 2 bridgehead atoms. The molecule has 3 fully saturated rings. The Morgan fingerprint density at radius 3 is 2.00 bits per heavy atom. The lowest BCUT2D eigenvalue weighted by Gasteiger charge is -2.47. The van der Waals surface area contributed by atoms with Crippen LogP contribution in [0, 0.1) is 44.4 Å². The first-order valence-electron chi connectivity index (χ1n) is 13.5. The quantitative estimate of drug-likeness (QED) is 0.331. The number of benzene rings is 3. The van der Waals surface area contributed by atoms with E-state index in [1.165, 1.54) is 68.7 Å². The normalized spacial score (nSPS) is 28.5. The lowest BCUT2D eigenvalue weighted by atomic mass is 9.69. The Bertz CT molecular complexity index is 1220. The number of aryl methyl sites for hydroxylation is 4. The Morgan fingerprint density at radius 2 is 1.42 bits per heavy atom. The summed E-state index contributed by atoms with van der Waals surface area (Å²) in [5, 5.41) is 4.34. The SMILES string of the molecule is Cc1cc(C)cc(P(c2cc(C)cc(C)c2)c2ccccc2[C@@H]2O[C@@H]3C[C@H]4CC[C@]3(CS2)C4(C)C)c1. The Hall–Kier alpha value is -1.60. The molecule has 0 aromatic heterocycles. The zero-order chi connectivity index (χ0) is 25.2. The fourth-order valence-corrected chi connectivity index (χ4v) is 12.3. The van der Waals surface area contributed by atoms with Crippen LogP contribution < -0.4 is 15.9 Å². The Morgan fingerprint density at radius 1 is 0.833 bits per heavy atom. The van der Waals surface area contributed by atoms with Crippen LogP contribution in [0.5, 0.6) is 0 Å². The molecule has 0 N–H and O–H groups in total. The summed E-state index contributed by atoms with van der Waals surface area (Å²) in [4.78, 5) is 0. The third-order valence-corrected chi connectivity index (χ3v) is 13.3. The molecule has 0 amide bonds. The molecule has 6 rings (SSSR count). The van der Waals surface area contributed by atoms with Crippen LogP contribution in [0.4, 0.5) is 0 Å².